The largest absolute Gasteiger partial charge is 0.352 e. The first-order valence-corrected chi connectivity index (χ1v) is 11.7. The molecule has 1 atom stereocenters. The number of nitrogens with zero attached hydrogens (tertiary/aromatic N) is 1. The number of aryl methyl sites for hydroxylation is 1. The molecule has 0 aromatic heterocycles. The number of benzene rings is 3. The van der Waals surface area contributed by atoms with Crippen LogP contribution in [0.2, 0.25) is 0 Å². The molecule has 3 aromatic rings. The Morgan fingerprint density at radius 3 is 2.33 bits per heavy atom. The third kappa shape index (κ3) is 5.46. The van der Waals surface area contributed by atoms with Crippen LogP contribution in [0.4, 0.5) is 0 Å². The maximum absolute atomic E-state index is 13.1. The maximum Gasteiger partial charge on any atom is 0.243 e. The lowest BCUT2D eigenvalue weighted by Gasteiger charge is -2.22. The number of hydrogen-bond donors (Lipinski definition) is 1. The Bertz CT molecular complexity index is 1100. The topological polar surface area (TPSA) is 66.5 Å². The van der Waals surface area contributed by atoms with Gasteiger partial charge >= 0.3 is 0 Å². The number of carbonyl (C=O) groups is 1. The van der Waals surface area contributed by atoms with Gasteiger partial charge in [0.05, 0.1) is 11.4 Å². The molecule has 0 saturated heterocycles. The third-order valence-electron chi connectivity index (χ3n) is 5.15. The molecule has 0 heterocycles. The molecule has 6 heteroatoms. The number of sulfonamides is 1. The second-order valence-electron chi connectivity index (χ2n) is 7.43. The molecular formula is C24H28N2O3S. The lowest BCUT2D eigenvalue weighted by atomic mass is 10.1. The molecule has 5 nitrogen and oxygen atoms in total. The standard InChI is InChI=1S/C24H28N2O3S/c1-3-26(18-24(27)25-19(2)13-14-20-9-5-4-6-10-20)30(28,29)23-16-15-21-11-7-8-12-22(21)17-23/h4-12,15-17,19H,3,13-14,18H2,1-2H3,(H,25,27)/t19-/m1/s1. The van der Waals surface area contributed by atoms with Gasteiger partial charge in [-0.3, -0.25) is 4.79 Å². The predicted molar refractivity (Wildman–Crippen MR) is 121 cm³/mol. The molecule has 1 N–H and O–H groups in total. The predicted octanol–water partition coefficient (Wildman–Crippen LogP) is 3.99. The molecule has 30 heavy (non-hydrogen) atoms. The summed E-state index contributed by atoms with van der Waals surface area (Å²) in [6.07, 6.45) is 1.65. The molecule has 0 fully saturated rings. The Labute approximate surface area is 178 Å². The lowest BCUT2D eigenvalue weighted by Crippen LogP contribution is -2.43. The zero-order chi connectivity index (χ0) is 21.6. The number of fused-ring (bicyclic) bond motifs is 1. The van der Waals surface area contributed by atoms with Crippen LogP contribution >= 0.6 is 0 Å². The molecule has 0 aliphatic heterocycles. The van der Waals surface area contributed by atoms with Crippen molar-refractivity contribution in [1.29, 1.82) is 0 Å². The van der Waals surface area contributed by atoms with Crippen molar-refractivity contribution in [2.24, 2.45) is 0 Å². The fraction of sp³-hybridized carbons (Fsp3) is 0.292. The first-order chi connectivity index (χ1) is 14.4. The minimum atomic E-state index is -3.76. The summed E-state index contributed by atoms with van der Waals surface area (Å²) in [5, 5.41) is 4.75. The zero-order valence-corrected chi connectivity index (χ0v) is 18.2. The summed E-state index contributed by atoms with van der Waals surface area (Å²) < 4.78 is 27.4. The van der Waals surface area contributed by atoms with E-state index in [-0.39, 0.29) is 29.9 Å². The second kappa shape index (κ2) is 9.87. The Morgan fingerprint density at radius 2 is 1.63 bits per heavy atom. The molecule has 0 aliphatic carbocycles. The van der Waals surface area contributed by atoms with Crippen LogP contribution in [0.25, 0.3) is 10.8 Å². The first kappa shape index (κ1) is 22.0. The fourth-order valence-electron chi connectivity index (χ4n) is 3.42. The van der Waals surface area contributed by atoms with Crippen molar-refractivity contribution in [3.05, 3.63) is 78.4 Å². The van der Waals surface area contributed by atoms with Crippen LogP contribution in [-0.2, 0) is 21.2 Å². The van der Waals surface area contributed by atoms with Gasteiger partial charge in [0.15, 0.2) is 0 Å². The number of likely N-dealkylation sites (N-methyl/N-ethyl adjacent to an activating group) is 1. The summed E-state index contributed by atoms with van der Waals surface area (Å²) in [4.78, 5) is 12.7. The van der Waals surface area contributed by atoms with Crippen molar-refractivity contribution in [2.45, 2.75) is 37.6 Å². The van der Waals surface area contributed by atoms with E-state index in [4.69, 9.17) is 0 Å². The molecule has 3 rings (SSSR count). The van der Waals surface area contributed by atoms with Crippen molar-refractivity contribution in [2.75, 3.05) is 13.1 Å². The van der Waals surface area contributed by atoms with Gasteiger partial charge in [-0.1, -0.05) is 67.6 Å². The normalized spacial score (nSPS) is 12.8. The van der Waals surface area contributed by atoms with E-state index in [1.54, 1.807) is 25.1 Å². The van der Waals surface area contributed by atoms with Crippen molar-refractivity contribution < 1.29 is 13.2 Å². The average Bonchev–Trinajstić information content (AvgIpc) is 2.76. The summed E-state index contributed by atoms with van der Waals surface area (Å²) in [6, 6.07) is 22.7. The molecule has 3 aromatic carbocycles. The van der Waals surface area contributed by atoms with E-state index in [1.807, 2.05) is 49.4 Å². The highest BCUT2D eigenvalue weighted by Crippen LogP contribution is 2.21. The van der Waals surface area contributed by atoms with Gasteiger partial charge in [-0.15, -0.1) is 0 Å². The van der Waals surface area contributed by atoms with Crippen molar-refractivity contribution in [1.82, 2.24) is 9.62 Å². The molecule has 0 radical (unpaired) electrons. The van der Waals surface area contributed by atoms with E-state index in [9.17, 15) is 13.2 Å². The van der Waals surface area contributed by atoms with Gasteiger partial charge in [-0.2, -0.15) is 4.31 Å². The first-order valence-electron chi connectivity index (χ1n) is 10.2. The van der Waals surface area contributed by atoms with Gasteiger partial charge in [-0.05, 0) is 48.2 Å². The zero-order valence-electron chi connectivity index (χ0n) is 17.4. The highest BCUT2D eigenvalue weighted by atomic mass is 32.2. The van der Waals surface area contributed by atoms with E-state index in [1.165, 1.54) is 9.87 Å². The molecule has 0 unspecified atom stereocenters. The average molecular weight is 425 g/mol. The van der Waals surface area contributed by atoms with Crippen molar-refractivity contribution >= 4 is 26.7 Å². The molecule has 0 saturated carbocycles. The Balaban J connectivity index is 1.63. The highest BCUT2D eigenvalue weighted by Gasteiger charge is 2.25. The van der Waals surface area contributed by atoms with Crippen molar-refractivity contribution in [3.8, 4) is 0 Å². The summed E-state index contributed by atoms with van der Waals surface area (Å²) in [7, 11) is -3.76. The fourth-order valence-corrected chi connectivity index (χ4v) is 4.87. The van der Waals surface area contributed by atoms with Crippen LogP contribution < -0.4 is 5.32 Å². The third-order valence-corrected chi connectivity index (χ3v) is 7.06. The van der Waals surface area contributed by atoms with E-state index >= 15 is 0 Å². The summed E-state index contributed by atoms with van der Waals surface area (Å²) in [5.74, 6) is -0.290. The van der Waals surface area contributed by atoms with Crippen molar-refractivity contribution in [3.63, 3.8) is 0 Å². The number of carbonyl (C=O) groups excluding carboxylic acids is 1. The number of nitrogens with one attached hydrogen (secondary N) is 1. The van der Waals surface area contributed by atoms with Crippen LogP contribution in [-0.4, -0.2) is 37.8 Å². The highest BCUT2D eigenvalue weighted by molar-refractivity contribution is 7.89. The minimum absolute atomic E-state index is 0.0419. The lowest BCUT2D eigenvalue weighted by molar-refractivity contribution is -0.121. The van der Waals surface area contributed by atoms with E-state index in [0.29, 0.717) is 0 Å². The van der Waals surface area contributed by atoms with Gasteiger partial charge in [0, 0.05) is 12.6 Å². The van der Waals surface area contributed by atoms with Gasteiger partial charge in [0.1, 0.15) is 0 Å². The number of rotatable bonds is 9. The SMILES string of the molecule is CCN(CC(=O)N[C@H](C)CCc1ccccc1)S(=O)(=O)c1ccc2ccccc2c1. The quantitative estimate of drug-likeness (QED) is 0.565. The van der Waals surface area contributed by atoms with Gasteiger partial charge in [0.25, 0.3) is 0 Å². The summed E-state index contributed by atoms with van der Waals surface area (Å²) >= 11 is 0. The molecule has 0 spiro atoms. The molecule has 158 valence electrons. The molecule has 0 aliphatic rings. The van der Waals surface area contributed by atoms with Gasteiger partial charge in [-0.25, -0.2) is 8.42 Å². The van der Waals surface area contributed by atoms with E-state index < -0.39 is 10.0 Å². The number of hydrogen-bond acceptors (Lipinski definition) is 3. The Morgan fingerprint density at radius 1 is 0.967 bits per heavy atom. The van der Waals surface area contributed by atoms with Crippen LogP contribution in [0.1, 0.15) is 25.8 Å². The van der Waals surface area contributed by atoms with Gasteiger partial charge in [0.2, 0.25) is 15.9 Å². The van der Waals surface area contributed by atoms with Crippen LogP contribution in [0.5, 0.6) is 0 Å². The molecule has 1 amide bonds. The van der Waals surface area contributed by atoms with Gasteiger partial charge < -0.3 is 5.32 Å². The van der Waals surface area contributed by atoms with Crippen LogP contribution in [0.15, 0.2) is 77.7 Å². The molecular weight excluding hydrogens is 396 g/mol. The smallest absolute Gasteiger partial charge is 0.243 e. The minimum Gasteiger partial charge on any atom is -0.352 e. The summed E-state index contributed by atoms with van der Waals surface area (Å²) in [5.41, 5.74) is 1.22. The second-order valence-corrected chi connectivity index (χ2v) is 9.37. The molecule has 0 bridgehead atoms. The van der Waals surface area contributed by atoms with E-state index in [2.05, 4.69) is 17.4 Å². The monoisotopic (exact) mass is 424 g/mol. The Hall–Kier alpha value is -2.70. The maximum atomic E-state index is 13.1. The van der Waals surface area contributed by atoms with Crippen LogP contribution in [0, 0.1) is 0 Å². The summed E-state index contributed by atoms with van der Waals surface area (Å²) in [6.45, 7) is 3.71. The Kier molecular flexibility index (Phi) is 7.24. The van der Waals surface area contributed by atoms with Crippen LogP contribution in [0.3, 0.4) is 0 Å². The number of amides is 1. The van der Waals surface area contributed by atoms with E-state index in [0.717, 1.165) is 23.6 Å².